The van der Waals surface area contributed by atoms with Crippen molar-refractivity contribution >= 4 is 11.6 Å². The molecule has 1 atom stereocenters. The standard InChI is InChI=1S/C12H16ClN/c1-12(7-8-12)11(14-2)9-5-3-4-6-10(9)13/h3-6,11,14H,7-8H2,1-2H3. The molecule has 0 bridgehead atoms. The maximum absolute atomic E-state index is 6.19. The van der Waals surface area contributed by atoms with Crippen molar-refractivity contribution in [1.82, 2.24) is 5.32 Å². The summed E-state index contributed by atoms with van der Waals surface area (Å²) in [7, 11) is 2.01. The first-order valence-electron chi connectivity index (χ1n) is 5.09. The summed E-state index contributed by atoms with van der Waals surface area (Å²) in [5, 5.41) is 4.25. The Bertz CT molecular complexity index is 331. The maximum Gasteiger partial charge on any atom is 0.0454 e. The smallest absolute Gasteiger partial charge is 0.0454 e. The second-order valence-electron chi connectivity index (χ2n) is 4.40. The summed E-state index contributed by atoms with van der Waals surface area (Å²) < 4.78 is 0. The highest BCUT2D eigenvalue weighted by molar-refractivity contribution is 6.31. The van der Waals surface area contributed by atoms with Crippen molar-refractivity contribution < 1.29 is 0 Å². The van der Waals surface area contributed by atoms with Crippen LogP contribution < -0.4 is 5.32 Å². The van der Waals surface area contributed by atoms with Gasteiger partial charge in [0.15, 0.2) is 0 Å². The lowest BCUT2D eigenvalue weighted by molar-refractivity contribution is 0.390. The molecule has 1 fully saturated rings. The Kier molecular flexibility index (Phi) is 2.54. The quantitative estimate of drug-likeness (QED) is 0.805. The molecule has 1 saturated carbocycles. The summed E-state index contributed by atoms with van der Waals surface area (Å²) >= 11 is 6.19. The molecule has 1 aliphatic carbocycles. The largest absolute Gasteiger partial charge is 0.312 e. The van der Waals surface area contributed by atoms with Crippen molar-refractivity contribution in [1.29, 1.82) is 0 Å². The summed E-state index contributed by atoms with van der Waals surface area (Å²) in [4.78, 5) is 0. The summed E-state index contributed by atoms with van der Waals surface area (Å²) in [5.41, 5.74) is 1.65. The van der Waals surface area contributed by atoms with E-state index in [0.29, 0.717) is 11.5 Å². The van der Waals surface area contributed by atoms with E-state index in [4.69, 9.17) is 11.6 Å². The van der Waals surface area contributed by atoms with Gasteiger partial charge in [0.25, 0.3) is 0 Å². The third-order valence-corrected chi connectivity index (χ3v) is 3.58. The van der Waals surface area contributed by atoms with E-state index in [1.165, 1.54) is 18.4 Å². The van der Waals surface area contributed by atoms with Gasteiger partial charge in [-0.15, -0.1) is 0 Å². The molecule has 76 valence electrons. The van der Waals surface area contributed by atoms with Gasteiger partial charge < -0.3 is 5.32 Å². The summed E-state index contributed by atoms with van der Waals surface area (Å²) in [6.07, 6.45) is 2.59. The monoisotopic (exact) mass is 209 g/mol. The van der Waals surface area contributed by atoms with Crippen molar-refractivity contribution in [2.45, 2.75) is 25.8 Å². The second kappa shape index (κ2) is 3.56. The first-order valence-corrected chi connectivity index (χ1v) is 5.47. The predicted octanol–water partition coefficient (Wildman–Crippen LogP) is 3.40. The summed E-state index contributed by atoms with van der Waals surface area (Å²) in [6, 6.07) is 8.52. The van der Waals surface area contributed by atoms with Crippen LogP contribution in [0.3, 0.4) is 0 Å². The zero-order valence-corrected chi connectivity index (χ0v) is 9.43. The summed E-state index contributed by atoms with van der Waals surface area (Å²) in [6.45, 7) is 2.32. The van der Waals surface area contributed by atoms with E-state index in [1.807, 2.05) is 19.2 Å². The molecule has 1 N–H and O–H groups in total. The van der Waals surface area contributed by atoms with Gasteiger partial charge in [-0.2, -0.15) is 0 Å². The molecule has 0 aromatic heterocycles. The molecule has 14 heavy (non-hydrogen) atoms. The van der Waals surface area contributed by atoms with E-state index in [-0.39, 0.29) is 0 Å². The van der Waals surface area contributed by atoms with Gasteiger partial charge in [-0.25, -0.2) is 0 Å². The number of halogens is 1. The number of rotatable bonds is 3. The molecule has 2 rings (SSSR count). The van der Waals surface area contributed by atoms with Gasteiger partial charge in [-0.1, -0.05) is 36.7 Å². The van der Waals surface area contributed by atoms with Crippen LogP contribution in [0.2, 0.25) is 5.02 Å². The fourth-order valence-corrected chi connectivity index (χ4v) is 2.32. The van der Waals surface area contributed by atoms with E-state index in [9.17, 15) is 0 Å². The molecule has 0 heterocycles. The van der Waals surface area contributed by atoms with Crippen LogP contribution in [0.4, 0.5) is 0 Å². The predicted molar refractivity (Wildman–Crippen MR) is 60.6 cm³/mol. The van der Waals surface area contributed by atoms with E-state index in [1.54, 1.807) is 0 Å². The minimum Gasteiger partial charge on any atom is -0.312 e. The molecule has 0 aliphatic heterocycles. The van der Waals surface area contributed by atoms with Gasteiger partial charge in [0.1, 0.15) is 0 Å². The van der Waals surface area contributed by atoms with Crippen LogP contribution in [0.1, 0.15) is 31.4 Å². The van der Waals surface area contributed by atoms with Crippen LogP contribution in [-0.2, 0) is 0 Å². The van der Waals surface area contributed by atoms with Crippen molar-refractivity contribution in [2.24, 2.45) is 5.41 Å². The Morgan fingerprint density at radius 2 is 2.00 bits per heavy atom. The molecule has 1 aromatic rings. The van der Waals surface area contributed by atoms with E-state index in [2.05, 4.69) is 24.4 Å². The van der Waals surface area contributed by atoms with Crippen LogP contribution in [-0.4, -0.2) is 7.05 Å². The second-order valence-corrected chi connectivity index (χ2v) is 4.80. The van der Waals surface area contributed by atoms with Crippen molar-refractivity contribution in [2.75, 3.05) is 7.05 Å². The fourth-order valence-electron chi connectivity index (χ4n) is 2.07. The number of hydrogen-bond acceptors (Lipinski definition) is 1. The van der Waals surface area contributed by atoms with Crippen LogP contribution in [0.25, 0.3) is 0 Å². The van der Waals surface area contributed by atoms with Gasteiger partial charge in [0, 0.05) is 11.1 Å². The lowest BCUT2D eigenvalue weighted by atomic mass is 9.92. The van der Waals surface area contributed by atoms with Gasteiger partial charge in [0.2, 0.25) is 0 Å². The van der Waals surface area contributed by atoms with Gasteiger partial charge in [-0.05, 0) is 36.9 Å². The van der Waals surface area contributed by atoms with E-state index in [0.717, 1.165) is 5.02 Å². The lowest BCUT2D eigenvalue weighted by Gasteiger charge is -2.24. The zero-order valence-electron chi connectivity index (χ0n) is 8.68. The van der Waals surface area contributed by atoms with Gasteiger partial charge in [0.05, 0.1) is 0 Å². The highest BCUT2D eigenvalue weighted by Gasteiger charge is 2.45. The Morgan fingerprint density at radius 3 is 2.50 bits per heavy atom. The Labute approximate surface area is 90.5 Å². The number of benzene rings is 1. The van der Waals surface area contributed by atoms with Crippen molar-refractivity contribution in [3.63, 3.8) is 0 Å². The Morgan fingerprint density at radius 1 is 1.36 bits per heavy atom. The highest BCUT2D eigenvalue weighted by Crippen LogP contribution is 2.55. The first-order chi connectivity index (χ1) is 6.67. The topological polar surface area (TPSA) is 12.0 Å². The number of hydrogen-bond donors (Lipinski definition) is 1. The summed E-state index contributed by atoms with van der Waals surface area (Å²) in [5.74, 6) is 0. The third kappa shape index (κ3) is 1.67. The van der Waals surface area contributed by atoms with Crippen LogP contribution in [0.15, 0.2) is 24.3 Å². The van der Waals surface area contributed by atoms with Crippen molar-refractivity contribution in [3.05, 3.63) is 34.9 Å². The van der Waals surface area contributed by atoms with Gasteiger partial charge in [-0.3, -0.25) is 0 Å². The molecule has 2 heteroatoms. The molecule has 1 nitrogen and oxygen atoms in total. The van der Waals surface area contributed by atoms with Crippen molar-refractivity contribution in [3.8, 4) is 0 Å². The molecule has 1 aromatic carbocycles. The average molecular weight is 210 g/mol. The molecular formula is C12H16ClN. The minimum atomic E-state index is 0.399. The Hall–Kier alpha value is -0.530. The highest BCUT2D eigenvalue weighted by atomic mass is 35.5. The fraction of sp³-hybridized carbons (Fsp3) is 0.500. The molecule has 1 unspecified atom stereocenters. The van der Waals surface area contributed by atoms with Crippen LogP contribution in [0.5, 0.6) is 0 Å². The van der Waals surface area contributed by atoms with E-state index >= 15 is 0 Å². The van der Waals surface area contributed by atoms with Crippen LogP contribution in [0, 0.1) is 5.41 Å². The molecule has 0 radical (unpaired) electrons. The normalized spacial score (nSPS) is 20.5. The SMILES string of the molecule is CNC(c1ccccc1Cl)C1(C)CC1. The molecule has 0 amide bonds. The van der Waals surface area contributed by atoms with Crippen LogP contribution >= 0.6 is 11.6 Å². The zero-order chi connectivity index (χ0) is 10.2. The molecular weight excluding hydrogens is 194 g/mol. The maximum atomic E-state index is 6.19. The van der Waals surface area contributed by atoms with E-state index < -0.39 is 0 Å². The average Bonchev–Trinajstić information content (AvgIpc) is 2.89. The molecule has 0 saturated heterocycles. The molecule has 0 spiro atoms. The van der Waals surface area contributed by atoms with Gasteiger partial charge >= 0.3 is 0 Å². The lowest BCUT2D eigenvalue weighted by Crippen LogP contribution is -2.24. The third-order valence-electron chi connectivity index (χ3n) is 3.24. The Balaban J connectivity index is 2.32. The minimum absolute atomic E-state index is 0.399. The number of nitrogens with one attached hydrogen (secondary N) is 1. The first kappa shape index (κ1) is 10.0. The molecule has 1 aliphatic rings.